The number of rotatable bonds is 8. The molecule has 1 heterocycles. The second-order valence-electron chi connectivity index (χ2n) is 5.91. The van der Waals surface area contributed by atoms with Crippen LogP contribution in [0.2, 0.25) is 0 Å². The Balaban J connectivity index is 1.59. The van der Waals surface area contributed by atoms with Crippen molar-refractivity contribution in [2.45, 2.75) is 63.5 Å². The first kappa shape index (κ1) is 14.7. The predicted molar refractivity (Wildman–Crippen MR) is 82.4 cm³/mol. The van der Waals surface area contributed by atoms with Gasteiger partial charge in [0.2, 0.25) is 0 Å². The molecule has 2 N–H and O–H groups in total. The van der Waals surface area contributed by atoms with Crippen LogP contribution in [0.5, 0.6) is 0 Å². The maximum absolute atomic E-state index is 3.84. The maximum Gasteiger partial charge on any atom is 0.0111 e. The molecule has 3 unspecified atom stereocenters. The van der Waals surface area contributed by atoms with Gasteiger partial charge in [0, 0.05) is 12.1 Å². The SMILES string of the molecule is CSCCCCCNC1CCCC1C1CCCN1. The lowest BCUT2D eigenvalue weighted by molar-refractivity contribution is 0.320. The fraction of sp³-hybridized carbons (Fsp3) is 1.00. The van der Waals surface area contributed by atoms with Crippen molar-refractivity contribution < 1.29 is 0 Å². The lowest BCUT2D eigenvalue weighted by Crippen LogP contribution is -2.42. The van der Waals surface area contributed by atoms with Crippen molar-refractivity contribution in [1.29, 1.82) is 0 Å². The van der Waals surface area contributed by atoms with Gasteiger partial charge in [0.15, 0.2) is 0 Å². The highest BCUT2D eigenvalue weighted by Gasteiger charge is 2.34. The van der Waals surface area contributed by atoms with E-state index in [1.165, 1.54) is 70.2 Å². The van der Waals surface area contributed by atoms with Crippen molar-refractivity contribution in [3.05, 3.63) is 0 Å². The predicted octanol–water partition coefficient (Wildman–Crippen LogP) is 3.03. The van der Waals surface area contributed by atoms with Gasteiger partial charge in [-0.05, 0) is 69.5 Å². The van der Waals surface area contributed by atoms with Crippen LogP contribution in [0, 0.1) is 5.92 Å². The van der Waals surface area contributed by atoms with Gasteiger partial charge in [0.05, 0.1) is 0 Å². The third kappa shape index (κ3) is 4.43. The Morgan fingerprint density at radius 2 is 2.06 bits per heavy atom. The van der Waals surface area contributed by atoms with E-state index >= 15 is 0 Å². The standard InChI is InChI=1S/C15H30N2S/c1-18-12-4-2-3-10-16-14-8-5-7-13(14)15-9-6-11-17-15/h13-17H,2-12H2,1H3. The topological polar surface area (TPSA) is 24.1 Å². The Labute approximate surface area is 117 Å². The van der Waals surface area contributed by atoms with Gasteiger partial charge in [0.1, 0.15) is 0 Å². The lowest BCUT2D eigenvalue weighted by Gasteiger charge is -2.26. The fourth-order valence-electron chi connectivity index (χ4n) is 3.64. The summed E-state index contributed by atoms with van der Waals surface area (Å²) in [4.78, 5) is 0. The minimum atomic E-state index is 0.807. The summed E-state index contributed by atoms with van der Waals surface area (Å²) in [5.41, 5.74) is 0. The summed E-state index contributed by atoms with van der Waals surface area (Å²) >= 11 is 1.97. The largest absolute Gasteiger partial charge is 0.314 e. The Morgan fingerprint density at radius 3 is 2.83 bits per heavy atom. The quantitative estimate of drug-likeness (QED) is 0.663. The molecule has 1 saturated heterocycles. The van der Waals surface area contributed by atoms with Crippen molar-refractivity contribution >= 4 is 11.8 Å². The first-order valence-corrected chi connectivity index (χ1v) is 9.27. The highest BCUT2D eigenvalue weighted by atomic mass is 32.2. The molecule has 0 bridgehead atoms. The Hall–Kier alpha value is 0.270. The molecule has 18 heavy (non-hydrogen) atoms. The molecule has 0 spiro atoms. The third-order valence-corrected chi connectivity index (χ3v) is 5.31. The smallest absolute Gasteiger partial charge is 0.0111 e. The molecule has 3 heteroatoms. The van der Waals surface area contributed by atoms with E-state index in [4.69, 9.17) is 0 Å². The van der Waals surface area contributed by atoms with E-state index in [0.29, 0.717) is 0 Å². The van der Waals surface area contributed by atoms with Gasteiger partial charge in [-0.15, -0.1) is 0 Å². The molecule has 2 aliphatic rings. The Morgan fingerprint density at radius 1 is 1.11 bits per heavy atom. The highest BCUT2D eigenvalue weighted by Crippen LogP contribution is 2.31. The first-order valence-electron chi connectivity index (χ1n) is 7.87. The molecule has 3 atom stereocenters. The van der Waals surface area contributed by atoms with Gasteiger partial charge >= 0.3 is 0 Å². The van der Waals surface area contributed by atoms with E-state index in [1.54, 1.807) is 0 Å². The van der Waals surface area contributed by atoms with Gasteiger partial charge in [-0.3, -0.25) is 0 Å². The van der Waals surface area contributed by atoms with Crippen molar-refractivity contribution in [1.82, 2.24) is 10.6 Å². The van der Waals surface area contributed by atoms with Crippen LogP contribution in [0.25, 0.3) is 0 Å². The molecule has 2 nitrogen and oxygen atoms in total. The number of nitrogens with one attached hydrogen (secondary N) is 2. The van der Waals surface area contributed by atoms with E-state index in [1.807, 2.05) is 11.8 Å². The van der Waals surface area contributed by atoms with Crippen LogP contribution >= 0.6 is 11.8 Å². The number of hydrogen-bond acceptors (Lipinski definition) is 3. The lowest BCUT2D eigenvalue weighted by atomic mass is 9.93. The van der Waals surface area contributed by atoms with Gasteiger partial charge < -0.3 is 10.6 Å². The van der Waals surface area contributed by atoms with Crippen molar-refractivity contribution in [3.8, 4) is 0 Å². The molecule has 2 rings (SSSR count). The molecule has 1 aliphatic carbocycles. The number of thioether (sulfide) groups is 1. The minimum Gasteiger partial charge on any atom is -0.314 e. The molecule has 0 radical (unpaired) electrons. The summed E-state index contributed by atoms with van der Waals surface area (Å²) in [6.45, 7) is 2.49. The van der Waals surface area contributed by atoms with E-state index in [2.05, 4.69) is 16.9 Å². The average Bonchev–Trinajstić information content (AvgIpc) is 3.03. The molecule has 1 aliphatic heterocycles. The second-order valence-corrected chi connectivity index (χ2v) is 6.90. The van der Waals surface area contributed by atoms with Crippen molar-refractivity contribution in [2.75, 3.05) is 25.1 Å². The summed E-state index contributed by atoms with van der Waals surface area (Å²) in [5.74, 6) is 2.25. The van der Waals surface area contributed by atoms with Gasteiger partial charge in [-0.2, -0.15) is 11.8 Å². The van der Waals surface area contributed by atoms with Crippen LogP contribution in [0.3, 0.4) is 0 Å². The van der Waals surface area contributed by atoms with Crippen LogP contribution in [0.15, 0.2) is 0 Å². The van der Waals surface area contributed by atoms with Crippen LogP contribution in [-0.4, -0.2) is 37.2 Å². The van der Waals surface area contributed by atoms with E-state index in [0.717, 1.165) is 18.0 Å². The second kappa shape index (κ2) is 8.44. The first-order chi connectivity index (χ1) is 8.92. The van der Waals surface area contributed by atoms with E-state index in [-0.39, 0.29) is 0 Å². The fourth-order valence-corrected chi connectivity index (χ4v) is 4.13. The van der Waals surface area contributed by atoms with E-state index in [9.17, 15) is 0 Å². The summed E-state index contributed by atoms with van der Waals surface area (Å²) in [6, 6.07) is 1.63. The Kier molecular flexibility index (Phi) is 6.88. The zero-order valence-electron chi connectivity index (χ0n) is 11.9. The summed E-state index contributed by atoms with van der Waals surface area (Å²) < 4.78 is 0. The molecule has 0 aromatic rings. The maximum atomic E-state index is 3.84. The van der Waals surface area contributed by atoms with Gasteiger partial charge in [0.25, 0.3) is 0 Å². The van der Waals surface area contributed by atoms with E-state index < -0.39 is 0 Å². The summed E-state index contributed by atoms with van der Waals surface area (Å²) in [5, 5.41) is 7.54. The van der Waals surface area contributed by atoms with Crippen LogP contribution in [0.1, 0.15) is 51.4 Å². The molecule has 0 aromatic heterocycles. The van der Waals surface area contributed by atoms with Crippen LogP contribution in [0.4, 0.5) is 0 Å². The van der Waals surface area contributed by atoms with Crippen LogP contribution in [-0.2, 0) is 0 Å². The molecule has 1 saturated carbocycles. The minimum absolute atomic E-state index is 0.807. The molecule has 0 amide bonds. The summed E-state index contributed by atoms with van der Waals surface area (Å²) in [7, 11) is 0. The van der Waals surface area contributed by atoms with Gasteiger partial charge in [-0.25, -0.2) is 0 Å². The normalized spacial score (nSPS) is 32.2. The highest BCUT2D eigenvalue weighted by molar-refractivity contribution is 7.98. The van der Waals surface area contributed by atoms with Gasteiger partial charge in [-0.1, -0.05) is 12.8 Å². The zero-order chi connectivity index (χ0) is 12.6. The molecular weight excluding hydrogens is 240 g/mol. The number of unbranched alkanes of at least 4 members (excludes halogenated alkanes) is 2. The van der Waals surface area contributed by atoms with Crippen LogP contribution < -0.4 is 10.6 Å². The molecular formula is C15H30N2S. The van der Waals surface area contributed by atoms with Crippen molar-refractivity contribution in [2.24, 2.45) is 5.92 Å². The van der Waals surface area contributed by atoms with Crippen molar-refractivity contribution in [3.63, 3.8) is 0 Å². The Bertz CT molecular complexity index is 217. The number of hydrogen-bond donors (Lipinski definition) is 2. The molecule has 106 valence electrons. The third-order valence-electron chi connectivity index (χ3n) is 4.62. The zero-order valence-corrected chi connectivity index (χ0v) is 12.7. The summed E-state index contributed by atoms with van der Waals surface area (Å²) in [6.07, 6.45) is 13.5. The molecule has 0 aromatic carbocycles. The monoisotopic (exact) mass is 270 g/mol. The molecule has 2 fully saturated rings. The average molecular weight is 270 g/mol.